The number of ketones is 3. The molecule has 0 fully saturated rings. The molecule has 6 heteroatoms. The summed E-state index contributed by atoms with van der Waals surface area (Å²) in [7, 11) is 0. The van der Waals surface area contributed by atoms with E-state index in [1.54, 1.807) is 18.2 Å². The van der Waals surface area contributed by atoms with Crippen LogP contribution in [-0.4, -0.2) is 39.0 Å². The van der Waals surface area contributed by atoms with Gasteiger partial charge in [-0.25, -0.2) is 0 Å². The van der Waals surface area contributed by atoms with Crippen molar-refractivity contribution >= 4 is 17.3 Å². The van der Waals surface area contributed by atoms with E-state index in [0.717, 1.165) is 13.0 Å². The van der Waals surface area contributed by atoms with Crippen LogP contribution < -0.4 is 0 Å². The zero-order valence-corrected chi connectivity index (χ0v) is 10.0. The molecule has 19 heavy (non-hydrogen) atoms. The van der Waals surface area contributed by atoms with Gasteiger partial charge in [0.2, 0.25) is 12.1 Å². The number of fused-ring (bicyclic) bond motifs is 1. The average molecular weight is 264 g/mol. The number of hydrogen-bond acceptors (Lipinski definition) is 6. The highest BCUT2D eigenvalue weighted by molar-refractivity contribution is 6.23. The molecule has 0 amide bonds. The number of Topliss-reactive ketones (excluding diaryl/α,β-unsaturated/α-hetero) is 2. The van der Waals surface area contributed by atoms with Crippen molar-refractivity contribution in [1.29, 1.82) is 0 Å². The van der Waals surface area contributed by atoms with Gasteiger partial charge in [0, 0.05) is 17.2 Å². The maximum atomic E-state index is 11.3. The monoisotopic (exact) mass is 264 g/mol. The number of rotatable bonds is 1. The van der Waals surface area contributed by atoms with Crippen molar-refractivity contribution in [2.75, 3.05) is 0 Å². The second-order valence-electron chi connectivity index (χ2n) is 3.75. The summed E-state index contributed by atoms with van der Waals surface area (Å²) in [5, 5.41) is 24.8. The second kappa shape index (κ2) is 6.03. The molecule has 0 radical (unpaired) electrons. The maximum absolute atomic E-state index is 11.3. The van der Waals surface area contributed by atoms with Gasteiger partial charge in [-0.2, -0.15) is 0 Å². The van der Waals surface area contributed by atoms with Crippen LogP contribution in [-0.2, 0) is 4.79 Å². The summed E-state index contributed by atoms with van der Waals surface area (Å²) >= 11 is 0. The van der Waals surface area contributed by atoms with E-state index in [0.29, 0.717) is 5.56 Å². The van der Waals surface area contributed by atoms with Crippen LogP contribution in [0.3, 0.4) is 0 Å². The fraction of sp³-hybridized carbons (Fsp3) is 0.154. The third kappa shape index (κ3) is 3.57. The Kier molecular flexibility index (Phi) is 4.68. The highest BCUT2D eigenvalue weighted by Gasteiger charge is 2.24. The van der Waals surface area contributed by atoms with Crippen molar-refractivity contribution in [1.82, 2.24) is 0 Å². The summed E-state index contributed by atoms with van der Waals surface area (Å²) in [6.07, 6.45) is -0.838. The Labute approximate surface area is 108 Å². The lowest BCUT2D eigenvalue weighted by Crippen LogP contribution is -2.16. The molecule has 3 N–H and O–H groups in total. The molecule has 0 bridgehead atoms. The van der Waals surface area contributed by atoms with Crippen LogP contribution in [0.25, 0.3) is 0 Å². The Morgan fingerprint density at radius 1 is 1.11 bits per heavy atom. The number of carbonyl (C=O) groups is 3. The molecule has 0 unspecified atom stereocenters. The molecule has 0 saturated heterocycles. The third-order valence-corrected chi connectivity index (χ3v) is 2.30. The van der Waals surface area contributed by atoms with Crippen molar-refractivity contribution in [3.05, 3.63) is 47.2 Å². The van der Waals surface area contributed by atoms with Gasteiger partial charge in [0.1, 0.15) is 0 Å². The van der Waals surface area contributed by atoms with Crippen LogP contribution in [0, 0.1) is 0 Å². The van der Waals surface area contributed by atoms with Gasteiger partial charge >= 0.3 is 0 Å². The predicted molar refractivity (Wildman–Crippen MR) is 64.7 cm³/mol. The van der Waals surface area contributed by atoms with E-state index >= 15 is 0 Å². The van der Waals surface area contributed by atoms with Crippen LogP contribution in [0.4, 0.5) is 0 Å². The van der Waals surface area contributed by atoms with Crippen LogP contribution in [0.2, 0.25) is 0 Å². The molecule has 100 valence electrons. The molecule has 0 atom stereocenters. The number of aliphatic hydroxyl groups excluding tert-OH is 2. The molecule has 0 heterocycles. The molecular weight excluding hydrogens is 252 g/mol. The smallest absolute Gasteiger partial charge is 0.228 e. The quantitative estimate of drug-likeness (QED) is 0.633. The van der Waals surface area contributed by atoms with Crippen molar-refractivity contribution in [3.8, 4) is 0 Å². The van der Waals surface area contributed by atoms with E-state index in [2.05, 4.69) is 0 Å². The molecule has 0 saturated carbocycles. The van der Waals surface area contributed by atoms with Gasteiger partial charge in [-0.3, -0.25) is 14.4 Å². The van der Waals surface area contributed by atoms with Gasteiger partial charge in [0.25, 0.3) is 0 Å². The topological polar surface area (TPSA) is 112 Å². The van der Waals surface area contributed by atoms with E-state index in [1.807, 2.05) is 0 Å². The van der Waals surface area contributed by atoms with Gasteiger partial charge in [-0.15, -0.1) is 0 Å². The number of aliphatic hydroxyl groups is 3. The van der Waals surface area contributed by atoms with E-state index in [-0.39, 0.29) is 11.3 Å². The zero-order valence-electron chi connectivity index (χ0n) is 10.0. The standard InChI is InChI=1S/C10H6O3.C3H6O3/c11-8-5-9(12)10(13)7-4-2-1-3-6(7)8;1-2(4)3(5)6/h1-5,12H;3,5-6H,1H3. The van der Waals surface area contributed by atoms with Crippen LogP contribution in [0.15, 0.2) is 36.1 Å². The molecule has 2 rings (SSSR count). The predicted octanol–water partition coefficient (Wildman–Crippen LogP) is 0.394. The molecule has 1 aliphatic rings. The van der Waals surface area contributed by atoms with Crippen molar-refractivity contribution in [3.63, 3.8) is 0 Å². The van der Waals surface area contributed by atoms with Gasteiger partial charge in [0.05, 0.1) is 0 Å². The normalized spacial score (nSPS) is 13.4. The van der Waals surface area contributed by atoms with Gasteiger partial charge in [0.15, 0.2) is 17.3 Å². The summed E-state index contributed by atoms with van der Waals surface area (Å²) in [5.74, 6) is -1.93. The molecule has 1 aromatic carbocycles. The molecular formula is C13H12O6. The second-order valence-corrected chi connectivity index (χ2v) is 3.75. The Morgan fingerprint density at radius 2 is 1.58 bits per heavy atom. The van der Waals surface area contributed by atoms with Crippen molar-refractivity contribution < 1.29 is 29.7 Å². The van der Waals surface area contributed by atoms with E-state index in [1.165, 1.54) is 6.07 Å². The molecule has 6 nitrogen and oxygen atoms in total. The minimum absolute atomic E-state index is 0.271. The Balaban J connectivity index is 0.000000258. The van der Waals surface area contributed by atoms with Gasteiger partial charge in [-0.05, 0) is 6.92 Å². The van der Waals surface area contributed by atoms with Crippen LogP contribution in [0.1, 0.15) is 27.6 Å². The van der Waals surface area contributed by atoms with Crippen molar-refractivity contribution in [2.24, 2.45) is 0 Å². The fourth-order valence-electron chi connectivity index (χ4n) is 1.30. The molecule has 1 aromatic rings. The first-order valence-corrected chi connectivity index (χ1v) is 5.30. The van der Waals surface area contributed by atoms with Crippen LogP contribution in [0.5, 0.6) is 0 Å². The summed E-state index contributed by atoms with van der Waals surface area (Å²) in [4.78, 5) is 32.2. The zero-order chi connectivity index (χ0) is 14.6. The number of carbonyl (C=O) groups excluding carboxylic acids is 3. The Morgan fingerprint density at radius 3 is 2.05 bits per heavy atom. The van der Waals surface area contributed by atoms with E-state index in [9.17, 15) is 14.4 Å². The lowest BCUT2D eigenvalue weighted by atomic mass is 9.94. The summed E-state index contributed by atoms with van der Waals surface area (Å²) in [5.41, 5.74) is 0.623. The highest BCUT2D eigenvalue weighted by atomic mass is 16.5. The average Bonchev–Trinajstić information content (AvgIpc) is 2.37. The van der Waals surface area contributed by atoms with Gasteiger partial charge in [-0.1, -0.05) is 24.3 Å². The molecule has 1 aliphatic carbocycles. The summed E-state index contributed by atoms with van der Waals surface area (Å²) in [6.45, 7) is 1.10. The highest BCUT2D eigenvalue weighted by Crippen LogP contribution is 2.19. The number of benzene rings is 1. The Bertz CT molecular complexity index is 556. The molecule has 0 aliphatic heterocycles. The first-order valence-electron chi connectivity index (χ1n) is 5.30. The Hall–Kier alpha value is -2.31. The SMILES string of the molecule is CC(=O)C(O)O.O=C1C=C(O)C(=O)c2ccccc21. The third-order valence-electron chi connectivity index (χ3n) is 2.30. The molecule has 0 aromatic heterocycles. The van der Waals surface area contributed by atoms with E-state index < -0.39 is 23.6 Å². The fourth-order valence-corrected chi connectivity index (χ4v) is 1.30. The first-order chi connectivity index (χ1) is 8.84. The van der Waals surface area contributed by atoms with Gasteiger partial charge < -0.3 is 15.3 Å². The first kappa shape index (κ1) is 14.7. The minimum atomic E-state index is -1.79. The largest absolute Gasteiger partial charge is 0.504 e. The lowest BCUT2D eigenvalue weighted by molar-refractivity contribution is -0.142. The molecule has 0 spiro atoms. The van der Waals surface area contributed by atoms with E-state index in [4.69, 9.17) is 15.3 Å². The maximum Gasteiger partial charge on any atom is 0.228 e. The number of hydrogen-bond donors (Lipinski definition) is 3. The van der Waals surface area contributed by atoms with Crippen molar-refractivity contribution in [2.45, 2.75) is 13.2 Å². The number of allylic oxidation sites excluding steroid dienone is 2. The van der Waals surface area contributed by atoms with Crippen LogP contribution >= 0.6 is 0 Å². The summed E-state index contributed by atoms with van der Waals surface area (Å²) in [6, 6.07) is 6.43. The summed E-state index contributed by atoms with van der Waals surface area (Å²) < 4.78 is 0. The lowest BCUT2D eigenvalue weighted by Gasteiger charge is -2.09. The minimum Gasteiger partial charge on any atom is -0.504 e.